The van der Waals surface area contributed by atoms with E-state index in [0.717, 1.165) is 18.5 Å². The predicted molar refractivity (Wildman–Crippen MR) is 82.8 cm³/mol. The lowest BCUT2D eigenvalue weighted by Crippen LogP contribution is -2.32. The van der Waals surface area contributed by atoms with E-state index in [2.05, 4.69) is 19.2 Å². The van der Waals surface area contributed by atoms with E-state index in [4.69, 9.17) is 0 Å². The summed E-state index contributed by atoms with van der Waals surface area (Å²) in [5.74, 6) is 0.110. The zero-order valence-corrected chi connectivity index (χ0v) is 13.3. The normalized spacial score (nSPS) is 12.4. The van der Waals surface area contributed by atoms with Gasteiger partial charge in [0.2, 0.25) is 0 Å². The number of sulfone groups is 1. The van der Waals surface area contributed by atoms with E-state index in [-0.39, 0.29) is 17.8 Å². The van der Waals surface area contributed by atoms with Gasteiger partial charge in [-0.15, -0.1) is 0 Å². The second-order valence-electron chi connectivity index (χ2n) is 5.15. The molecule has 1 rings (SSSR count). The van der Waals surface area contributed by atoms with Crippen molar-refractivity contribution in [2.75, 3.05) is 24.2 Å². The van der Waals surface area contributed by atoms with Gasteiger partial charge < -0.3 is 10.4 Å². The van der Waals surface area contributed by atoms with Crippen LogP contribution in [0.3, 0.4) is 0 Å². The standard InChI is InChI=1S/C15H25NO3S/c1-4-15(5-2,12-17)11-16-13-7-9-14(10-8-13)20(18,19)6-3/h7-10,16-17H,4-6,11-12H2,1-3H3. The minimum atomic E-state index is -3.14. The molecule has 1 aromatic carbocycles. The molecule has 0 saturated heterocycles. The van der Waals surface area contributed by atoms with Crippen LogP contribution >= 0.6 is 0 Å². The van der Waals surface area contributed by atoms with E-state index in [1.54, 1.807) is 31.2 Å². The Morgan fingerprint density at radius 1 is 1.10 bits per heavy atom. The van der Waals surface area contributed by atoms with Gasteiger partial charge in [0, 0.05) is 17.6 Å². The number of hydrogen-bond acceptors (Lipinski definition) is 4. The Hall–Kier alpha value is -1.07. The van der Waals surface area contributed by atoms with Crippen LogP contribution in [-0.2, 0) is 9.84 Å². The van der Waals surface area contributed by atoms with Crippen molar-refractivity contribution in [1.29, 1.82) is 0 Å². The van der Waals surface area contributed by atoms with Crippen molar-refractivity contribution in [3.05, 3.63) is 24.3 Å². The summed E-state index contributed by atoms with van der Waals surface area (Å²) in [6.07, 6.45) is 1.80. The number of rotatable bonds is 8. The summed E-state index contributed by atoms with van der Waals surface area (Å²) in [6, 6.07) is 6.80. The average molecular weight is 299 g/mol. The van der Waals surface area contributed by atoms with Crippen molar-refractivity contribution < 1.29 is 13.5 Å². The van der Waals surface area contributed by atoms with Gasteiger partial charge in [-0.1, -0.05) is 20.8 Å². The van der Waals surface area contributed by atoms with Crippen LogP contribution in [0.1, 0.15) is 33.6 Å². The van der Waals surface area contributed by atoms with Crippen molar-refractivity contribution in [2.45, 2.75) is 38.5 Å². The van der Waals surface area contributed by atoms with Crippen LogP contribution in [0.15, 0.2) is 29.2 Å². The van der Waals surface area contributed by atoms with E-state index < -0.39 is 9.84 Å². The molecule has 114 valence electrons. The maximum Gasteiger partial charge on any atom is 0.178 e. The minimum absolute atomic E-state index is 0.110. The van der Waals surface area contributed by atoms with E-state index in [9.17, 15) is 13.5 Å². The van der Waals surface area contributed by atoms with Crippen LogP contribution in [0.2, 0.25) is 0 Å². The smallest absolute Gasteiger partial charge is 0.178 e. The van der Waals surface area contributed by atoms with Crippen molar-refractivity contribution in [1.82, 2.24) is 0 Å². The molecule has 0 atom stereocenters. The highest BCUT2D eigenvalue weighted by atomic mass is 32.2. The minimum Gasteiger partial charge on any atom is -0.396 e. The van der Waals surface area contributed by atoms with E-state index in [1.807, 2.05) is 0 Å². The first kappa shape index (κ1) is 17.0. The van der Waals surface area contributed by atoms with Gasteiger partial charge in [-0.05, 0) is 37.1 Å². The number of nitrogens with one attached hydrogen (secondary N) is 1. The van der Waals surface area contributed by atoms with Gasteiger partial charge in [0.1, 0.15) is 0 Å². The Balaban J connectivity index is 2.76. The van der Waals surface area contributed by atoms with Gasteiger partial charge in [0.25, 0.3) is 0 Å². The highest BCUT2D eigenvalue weighted by Crippen LogP contribution is 2.26. The summed E-state index contributed by atoms with van der Waals surface area (Å²) >= 11 is 0. The molecular weight excluding hydrogens is 274 g/mol. The molecule has 4 nitrogen and oxygen atoms in total. The summed E-state index contributed by atoms with van der Waals surface area (Å²) in [5.41, 5.74) is 0.758. The number of anilines is 1. The molecule has 0 fully saturated rings. The maximum absolute atomic E-state index is 11.7. The van der Waals surface area contributed by atoms with Crippen molar-refractivity contribution in [3.8, 4) is 0 Å². The maximum atomic E-state index is 11.7. The highest BCUT2D eigenvalue weighted by Gasteiger charge is 2.24. The summed E-state index contributed by atoms with van der Waals surface area (Å²) in [4.78, 5) is 0.352. The Morgan fingerprint density at radius 3 is 2.05 bits per heavy atom. The molecular formula is C15H25NO3S. The molecule has 0 radical (unpaired) electrons. The van der Waals surface area contributed by atoms with E-state index in [0.29, 0.717) is 11.4 Å². The second-order valence-corrected chi connectivity index (χ2v) is 7.42. The molecule has 0 aromatic heterocycles. The third-order valence-corrected chi connectivity index (χ3v) is 5.85. The Labute approximate surface area is 122 Å². The van der Waals surface area contributed by atoms with Gasteiger partial charge in [-0.2, -0.15) is 0 Å². The van der Waals surface area contributed by atoms with E-state index >= 15 is 0 Å². The van der Waals surface area contributed by atoms with Gasteiger partial charge in [-0.25, -0.2) is 8.42 Å². The lowest BCUT2D eigenvalue weighted by molar-refractivity contribution is 0.127. The molecule has 0 unspecified atom stereocenters. The summed E-state index contributed by atoms with van der Waals surface area (Å²) in [6.45, 7) is 6.60. The monoisotopic (exact) mass is 299 g/mol. The summed E-state index contributed by atoms with van der Waals surface area (Å²) < 4.78 is 23.4. The van der Waals surface area contributed by atoms with Crippen molar-refractivity contribution in [2.24, 2.45) is 5.41 Å². The molecule has 0 saturated carbocycles. The first-order valence-electron chi connectivity index (χ1n) is 7.10. The Kier molecular flexibility index (Phi) is 6.02. The fourth-order valence-electron chi connectivity index (χ4n) is 2.02. The largest absolute Gasteiger partial charge is 0.396 e. The number of aliphatic hydroxyl groups excluding tert-OH is 1. The molecule has 1 aromatic rings. The average Bonchev–Trinajstić information content (AvgIpc) is 2.50. The van der Waals surface area contributed by atoms with Crippen molar-refractivity contribution >= 4 is 15.5 Å². The number of hydrogen-bond donors (Lipinski definition) is 2. The Morgan fingerprint density at radius 2 is 1.65 bits per heavy atom. The quantitative estimate of drug-likeness (QED) is 0.774. The zero-order valence-electron chi connectivity index (χ0n) is 12.5. The van der Waals surface area contributed by atoms with Gasteiger partial charge in [0.05, 0.1) is 17.3 Å². The van der Waals surface area contributed by atoms with Crippen LogP contribution in [0.25, 0.3) is 0 Å². The third-order valence-electron chi connectivity index (χ3n) is 4.10. The third kappa shape index (κ3) is 3.96. The number of benzene rings is 1. The van der Waals surface area contributed by atoms with Gasteiger partial charge in [0.15, 0.2) is 9.84 Å². The molecule has 0 spiro atoms. The van der Waals surface area contributed by atoms with Crippen LogP contribution in [0.4, 0.5) is 5.69 Å². The molecule has 2 N–H and O–H groups in total. The first-order chi connectivity index (χ1) is 9.43. The molecule has 0 aliphatic rings. The van der Waals surface area contributed by atoms with Crippen LogP contribution in [0, 0.1) is 5.41 Å². The van der Waals surface area contributed by atoms with Gasteiger partial charge in [-0.3, -0.25) is 0 Å². The van der Waals surface area contributed by atoms with Crippen LogP contribution in [-0.4, -0.2) is 32.4 Å². The molecule has 0 aliphatic carbocycles. The predicted octanol–water partition coefficient (Wildman–Crippen LogP) is 2.69. The van der Waals surface area contributed by atoms with Crippen LogP contribution < -0.4 is 5.32 Å². The van der Waals surface area contributed by atoms with E-state index in [1.165, 1.54) is 0 Å². The SMILES string of the molecule is CCC(CC)(CO)CNc1ccc(S(=O)(=O)CC)cc1. The number of aliphatic hydroxyl groups is 1. The molecule has 0 heterocycles. The summed E-state index contributed by atoms with van der Waals surface area (Å²) in [5, 5.41) is 12.8. The second kappa shape index (κ2) is 7.09. The molecule has 5 heteroatoms. The topological polar surface area (TPSA) is 66.4 Å². The zero-order chi connectivity index (χ0) is 15.2. The molecule has 0 aliphatic heterocycles. The molecule has 20 heavy (non-hydrogen) atoms. The summed E-state index contributed by atoms with van der Waals surface area (Å²) in [7, 11) is -3.14. The lowest BCUT2D eigenvalue weighted by atomic mass is 9.83. The molecule has 0 bridgehead atoms. The first-order valence-corrected chi connectivity index (χ1v) is 8.76. The fraction of sp³-hybridized carbons (Fsp3) is 0.600. The molecule has 0 amide bonds. The fourth-order valence-corrected chi connectivity index (χ4v) is 2.90. The van der Waals surface area contributed by atoms with Crippen molar-refractivity contribution in [3.63, 3.8) is 0 Å². The van der Waals surface area contributed by atoms with Gasteiger partial charge >= 0.3 is 0 Å². The lowest BCUT2D eigenvalue weighted by Gasteiger charge is -2.30. The van der Waals surface area contributed by atoms with Crippen LogP contribution in [0.5, 0.6) is 0 Å². The Bertz CT molecular complexity index is 496. The highest BCUT2D eigenvalue weighted by molar-refractivity contribution is 7.91.